The number of likely N-dealkylation sites (tertiary alicyclic amines) is 1. The molecule has 0 radical (unpaired) electrons. The van der Waals surface area contributed by atoms with Crippen molar-refractivity contribution < 1.29 is 18.8 Å². The summed E-state index contributed by atoms with van der Waals surface area (Å²) in [5, 5.41) is 7.38. The number of hydrogen-bond acceptors (Lipinski definition) is 6. The van der Waals surface area contributed by atoms with Crippen LogP contribution in [0.1, 0.15) is 24.8 Å². The van der Waals surface area contributed by atoms with Crippen LogP contribution < -0.4 is 14.8 Å². The van der Waals surface area contributed by atoms with E-state index in [2.05, 4.69) is 15.5 Å². The molecule has 1 fully saturated rings. The zero-order valence-electron chi connectivity index (χ0n) is 16.6. The van der Waals surface area contributed by atoms with Crippen molar-refractivity contribution in [1.29, 1.82) is 0 Å². The second kappa shape index (κ2) is 8.62. The van der Waals surface area contributed by atoms with Crippen LogP contribution in [0, 0.1) is 0 Å². The zero-order valence-corrected chi connectivity index (χ0v) is 17.3. The van der Waals surface area contributed by atoms with Gasteiger partial charge in [0.15, 0.2) is 0 Å². The van der Waals surface area contributed by atoms with Crippen molar-refractivity contribution in [2.45, 2.75) is 18.9 Å². The normalized spacial score (nSPS) is 15.8. The molecule has 2 aromatic carbocycles. The maximum absolute atomic E-state index is 12.9. The van der Waals surface area contributed by atoms with Crippen LogP contribution in [-0.2, 0) is 0 Å². The summed E-state index contributed by atoms with van der Waals surface area (Å²) in [5.41, 5.74) is 1.37. The van der Waals surface area contributed by atoms with Gasteiger partial charge in [-0.2, -0.15) is 4.98 Å². The molecule has 0 saturated carbocycles. The van der Waals surface area contributed by atoms with Gasteiger partial charge >= 0.3 is 6.03 Å². The van der Waals surface area contributed by atoms with E-state index in [4.69, 9.17) is 25.6 Å². The number of ether oxygens (including phenoxy) is 2. The second-order valence-corrected chi connectivity index (χ2v) is 7.23. The molecule has 8 nitrogen and oxygen atoms in total. The van der Waals surface area contributed by atoms with Gasteiger partial charge in [-0.25, -0.2) is 4.79 Å². The summed E-state index contributed by atoms with van der Waals surface area (Å²) in [4.78, 5) is 19.1. The van der Waals surface area contributed by atoms with E-state index < -0.39 is 0 Å². The Morgan fingerprint density at radius 1 is 1.23 bits per heavy atom. The van der Waals surface area contributed by atoms with E-state index >= 15 is 0 Å². The van der Waals surface area contributed by atoms with Crippen LogP contribution in [0.4, 0.5) is 10.5 Å². The highest BCUT2D eigenvalue weighted by molar-refractivity contribution is 6.32. The smallest absolute Gasteiger partial charge is 0.322 e. The minimum atomic E-state index is -0.287. The Morgan fingerprint density at radius 3 is 2.87 bits per heavy atom. The Labute approximate surface area is 178 Å². The molecule has 1 atom stereocenters. The molecule has 0 bridgehead atoms. The van der Waals surface area contributed by atoms with Gasteiger partial charge in [0.2, 0.25) is 11.7 Å². The zero-order chi connectivity index (χ0) is 21.1. The van der Waals surface area contributed by atoms with Gasteiger partial charge in [-0.15, -0.1) is 0 Å². The SMILES string of the molecule is COc1cccc(-c2noc([C@@H]3CCCN3C(=O)Nc3ccc(OC)c(Cl)c3)n2)c1. The minimum Gasteiger partial charge on any atom is -0.497 e. The first-order chi connectivity index (χ1) is 14.6. The van der Waals surface area contributed by atoms with Crippen LogP contribution in [0.5, 0.6) is 11.5 Å². The molecule has 30 heavy (non-hydrogen) atoms. The Kier molecular flexibility index (Phi) is 5.76. The summed E-state index contributed by atoms with van der Waals surface area (Å²) < 4.78 is 15.9. The van der Waals surface area contributed by atoms with Gasteiger partial charge in [0.25, 0.3) is 0 Å². The maximum atomic E-state index is 12.9. The first-order valence-electron chi connectivity index (χ1n) is 9.48. The van der Waals surface area contributed by atoms with E-state index in [1.165, 1.54) is 0 Å². The number of benzene rings is 2. The molecule has 1 aliphatic rings. The molecule has 0 aliphatic carbocycles. The first-order valence-corrected chi connectivity index (χ1v) is 9.86. The lowest BCUT2D eigenvalue weighted by molar-refractivity contribution is 0.193. The van der Waals surface area contributed by atoms with Crippen LogP contribution in [0.3, 0.4) is 0 Å². The van der Waals surface area contributed by atoms with Crippen LogP contribution in [-0.4, -0.2) is 41.8 Å². The van der Waals surface area contributed by atoms with Crippen molar-refractivity contribution in [2.24, 2.45) is 0 Å². The van der Waals surface area contributed by atoms with Crippen molar-refractivity contribution in [1.82, 2.24) is 15.0 Å². The fourth-order valence-corrected chi connectivity index (χ4v) is 3.71. The summed E-state index contributed by atoms with van der Waals surface area (Å²) in [6.45, 7) is 0.595. The molecule has 2 heterocycles. The number of hydrogen-bond donors (Lipinski definition) is 1. The summed E-state index contributed by atoms with van der Waals surface area (Å²) in [5.74, 6) is 2.12. The van der Waals surface area contributed by atoms with Gasteiger partial charge in [-0.3, -0.25) is 0 Å². The molecule has 156 valence electrons. The third-order valence-electron chi connectivity index (χ3n) is 4.97. The molecule has 1 aromatic heterocycles. The van der Waals surface area contributed by atoms with Crippen molar-refractivity contribution in [2.75, 3.05) is 26.1 Å². The standard InChI is InChI=1S/C21H21ClN4O4/c1-28-15-6-3-5-13(11-15)19-24-20(30-25-19)17-7-4-10-26(17)21(27)23-14-8-9-18(29-2)16(22)12-14/h3,5-6,8-9,11-12,17H,4,7,10H2,1-2H3,(H,23,27)/t17-/m0/s1. The number of methoxy groups -OCH3 is 2. The number of nitrogens with zero attached hydrogens (tertiary/aromatic N) is 3. The molecule has 0 unspecified atom stereocenters. The van der Waals surface area contributed by atoms with Gasteiger partial charge in [-0.05, 0) is 43.2 Å². The van der Waals surface area contributed by atoms with E-state index in [9.17, 15) is 4.79 Å². The van der Waals surface area contributed by atoms with E-state index in [1.807, 2.05) is 24.3 Å². The van der Waals surface area contributed by atoms with E-state index in [-0.39, 0.29) is 12.1 Å². The van der Waals surface area contributed by atoms with E-state index in [1.54, 1.807) is 37.3 Å². The minimum absolute atomic E-state index is 0.250. The molecular formula is C21H21ClN4O4. The van der Waals surface area contributed by atoms with E-state index in [0.29, 0.717) is 40.5 Å². The molecule has 1 N–H and O–H groups in total. The fourth-order valence-electron chi connectivity index (χ4n) is 3.46. The highest BCUT2D eigenvalue weighted by Crippen LogP contribution is 2.33. The predicted molar refractivity (Wildman–Crippen MR) is 112 cm³/mol. The number of amides is 2. The maximum Gasteiger partial charge on any atom is 0.322 e. The number of urea groups is 1. The number of nitrogens with one attached hydrogen (secondary N) is 1. The van der Waals surface area contributed by atoms with Gasteiger partial charge in [0.1, 0.15) is 17.5 Å². The predicted octanol–water partition coefficient (Wildman–Crippen LogP) is 4.78. The molecule has 0 spiro atoms. The lowest BCUT2D eigenvalue weighted by Gasteiger charge is -2.22. The van der Waals surface area contributed by atoms with Crippen LogP contribution in [0.15, 0.2) is 47.0 Å². The highest BCUT2D eigenvalue weighted by Gasteiger charge is 2.34. The number of rotatable bonds is 5. The summed E-state index contributed by atoms with van der Waals surface area (Å²) in [6, 6.07) is 12.0. The van der Waals surface area contributed by atoms with Crippen molar-refractivity contribution in [3.05, 3.63) is 53.4 Å². The molecular weight excluding hydrogens is 408 g/mol. The monoisotopic (exact) mass is 428 g/mol. The molecule has 2 amide bonds. The van der Waals surface area contributed by atoms with Gasteiger partial charge in [-0.1, -0.05) is 28.9 Å². The average molecular weight is 429 g/mol. The van der Waals surface area contributed by atoms with Crippen molar-refractivity contribution in [3.63, 3.8) is 0 Å². The summed E-state index contributed by atoms with van der Waals surface area (Å²) in [7, 11) is 3.14. The fraction of sp³-hybridized carbons (Fsp3) is 0.286. The number of anilines is 1. The van der Waals surface area contributed by atoms with Gasteiger partial charge in [0.05, 0.1) is 19.2 Å². The van der Waals surface area contributed by atoms with Gasteiger partial charge < -0.3 is 24.2 Å². The van der Waals surface area contributed by atoms with Crippen LogP contribution >= 0.6 is 11.6 Å². The molecule has 1 aliphatic heterocycles. The van der Waals surface area contributed by atoms with Crippen molar-refractivity contribution >= 4 is 23.3 Å². The quantitative estimate of drug-likeness (QED) is 0.629. The van der Waals surface area contributed by atoms with E-state index in [0.717, 1.165) is 18.4 Å². The summed E-state index contributed by atoms with van der Waals surface area (Å²) in [6.07, 6.45) is 1.59. The van der Waals surface area contributed by atoms with Crippen molar-refractivity contribution in [3.8, 4) is 22.9 Å². The Hall–Kier alpha value is -3.26. The first kappa shape index (κ1) is 20.0. The second-order valence-electron chi connectivity index (χ2n) is 6.82. The van der Waals surface area contributed by atoms with Crippen LogP contribution in [0.2, 0.25) is 5.02 Å². The lowest BCUT2D eigenvalue weighted by Crippen LogP contribution is -2.34. The number of halogens is 1. The average Bonchev–Trinajstić information content (AvgIpc) is 3.43. The molecule has 3 aromatic rings. The Bertz CT molecular complexity index is 1050. The largest absolute Gasteiger partial charge is 0.497 e. The number of carbonyl (C=O) groups excluding carboxylic acids is 1. The van der Waals surface area contributed by atoms with Gasteiger partial charge in [0, 0.05) is 17.8 Å². The lowest BCUT2D eigenvalue weighted by atomic mass is 10.2. The highest BCUT2D eigenvalue weighted by atomic mass is 35.5. The summed E-state index contributed by atoms with van der Waals surface area (Å²) >= 11 is 6.15. The molecule has 9 heteroatoms. The number of aromatic nitrogens is 2. The number of carbonyl (C=O) groups is 1. The Morgan fingerprint density at radius 2 is 2.10 bits per heavy atom. The topological polar surface area (TPSA) is 89.7 Å². The Balaban J connectivity index is 1.50. The third kappa shape index (κ3) is 4.04. The van der Waals surface area contributed by atoms with Crippen LogP contribution in [0.25, 0.3) is 11.4 Å². The third-order valence-corrected chi connectivity index (χ3v) is 5.27. The molecule has 4 rings (SSSR count). The molecule has 1 saturated heterocycles.